The second-order valence-electron chi connectivity index (χ2n) is 7.36. The second kappa shape index (κ2) is 8.73. The first-order chi connectivity index (χ1) is 12.7. The number of nitrogens with zero attached hydrogens (tertiary/aromatic N) is 2. The molecule has 2 N–H and O–H groups in total. The molecule has 1 aliphatic heterocycles. The van der Waals surface area contributed by atoms with E-state index < -0.39 is 14.6 Å². The summed E-state index contributed by atoms with van der Waals surface area (Å²) in [6.45, 7) is 9.77. The van der Waals surface area contributed by atoms with Crippen molar-refractivity contribution in [3.05, 3.63) is 35.4 Å². The molecule has 0 radical (unpaired) electrons. The first kappa shape index (κ1) is 21.2. The minimum absolute atomic E-state index is 0.120. The smallest absolute Gasteiger partial charge is 0.251 e. The van der Waals surface area contributed by atoms with Gasteiger partial charge in [-0.05, 0) is 39.8 Å². The van der Waals surface area contributed by atoms with Gasteiger partial charge in [0, 0.05) is 31.7 Å². The third kappa shape index (κ3) is 5.45. The van der Waals surface area contributed by atoms with E-state index in [-0.39, 0.29) is 11.7 Å². The molecule has 0 atom stereocenters. The van der Waals surface area contributed by atoms with E-state index in [9.17, 15) is 13.2 Å². The molecule has 1 aromatic rings. The van der Waals surface area contributed by atoms with Crippen molar-refractivity contribution >= 4 is 21.7 Å². The number of hydrogen-bond donors (Lipinski definition) is 2. The predicted octanol–water partition coefficient (Wildman–Crippen LogP) is 1.20. The fraction of sp³-hybridized carbons (Fsp3) is 0.579. The van der Waals surface area contributed by atoms with Gasteiger partial charge in [0.25, 0.3) is 5.91 Å². The molecule has 27 heavy (non-hydrogen) atoms. The van der Waals surface area contributed by atoms with Crippen LogP contribution in [0.4, 0.5) is 0 Å². The summed E-state index contributed by atoms with van der Waals surface area (Å²) in [6, 6.07) is 7.44. The maximum atomic E-state index is 12.2. The van der Waals surface area contributed by atoms with Crippen molar-refractivity contribution in [3.63, 3.8) is 0 Å². The quantitative estimate of drug-likeness (QED) is 0.445. The van der Waals surface area contributed by atoms with Crippen LogP contribution in [-0.2, 0) is 9.84 Å². The molecule has 1 fully saturated rings. The number of aryl methyl sites for hydroxylation is 1. The highest BCUT2D eigenvalue weighted by molar-refractivity contribution is 7.92. The SMILES string of the molecule is CCNC(=NCCNC(=O)c1cccc(C)c1)N1CCS(=O)(=O)C(C)(C)C1. The fourth-order valence-corrected chi connectivity index (χ4v) is 4.34. The molecule has 7 nitrogen and oxygen atoms in total. The van der Waals surface area contributed by atoms with Gasteiger partial charge < -0.3 is 15.5 Å². The zero-order valence-electron chi connectivity index (χ0n) is 16.6. The van der Waals surface area contributed by atoms with E-state index in [1.807, 2.05) is 36.9 Å². The topological polar surface area (TPSA) is 90.9 Å². The Bertz CT molecular complexity index is 803. The number of amides is 1. The zero-order valence-corrected chi connectivity index (χ0v) is 17.4. The number of rotatable bonds is 5. The Labute approximate surface area is 162 Å². The Morgan fingerprint density at radius 1 is 1.30 bits per heavy atom. The number of sulfone groups is 1. The number of carbonyl (C=O) groups is 1. The molecule has 1 aromatic carbocycles. The molecule has 1 amide bonds. The molecule has 0 bridgehead atoms. The summed E-state index contributed by atoms with van der Waals surface area (Å²) in [7, 11) is -3.09. The minimum Gasteiger partial charge on any atom is -0.357 e. The third-order valence-corrected chi connectivity index (χ3v) is 7.15. The second-order valence-corrected chi connectivity index (χ2v) is 10.1. The molecule has 150 valence electrons. The highest BCUT2D eigenvalue weighted by Gasteiger charge is 2.40. The molecular formula is C19H30N4O3S. The summed E-state index contributed by atoms with van der Waals surface area (Å²) in [5, 5.41) is 6.08. The standard InChI is InChI=1S/C19H30N4O3S/c1-5-20-18(23-11-12-27(25,26)19(3,4)14-23)22-10-9-21-17(24)16-8-6-7-15(2)13-16/h6-8,13H,5,9-12,14H2,1-4H3,(H,20,22)(H,21,24). The lowest BCUT2D eigenvalue weighted by atomic mass is 10.1. The molecule has 1 aliphatic rings. The lowest BCUT2D eigenvalue weighted by Crippen LogP contribution is -2.57. The molecule has 2 rings (SSSR count). The van der Waals surface area contributed by atoms with Crippen LogP contribution in [-0.4, -0.2) is 68.4 Å². The van der Waals surface area contributed by atoms with Crippen LogP contribution in [0.25, 0.3) is 0 Å². The van der Waals surface area contributed by atoms with Gasteiger partial charge in [-0.15, -0.1) is 0 Å². The molecule has 0 aromatic heterocycles. The van der Waals surface area contributed by atoms with Crippen molar-refractivity contribution < 1.29 is 13.2 Å². The van der Waals surface area contributed by atoms with Crippen molar-refractivity contribution in [2.45, 2.75) is 32.4 Å². The van der Waals surface area contributed by atoms with Crippen molar-refractivity contribution in [3.8, 4) is 0 Å². The van der Waals surface area contributed by atoms with Crippen LogP contribution in [0.1, 0.15) is 36.7 Å². The van der Waals surface area contributed by atoms with E-state index >= 15 is 0 Å². The molecule has 0 spiro atoms. The average Bonchev–Trinajstić information content (AvgIpc) is 2.60. The van der Waals surface area contributed by atoms with Crippen LogP contribution in [0, 0.1) is 6.92 Å². The minimum atomic E-state index is -3.09. The highest BCUT2D eigenvalue weighted by atomic mass is 32.2. The van der Waals surface area contributed by atoms with Crippen molar-refractivity contribution in [2.24, 2.45) is 4.99 Å². The van der Waals surface area contributed by atoms with E-state index in [0.29, 0.717) is 44.2 Å². The molecule has 0 unspecified atom stereocenters. The van der Waals surface area contributed by atoms with Gasteiger partial charge in [0.2, 0.25) is 0 Å². The highest BCUT2D eigenvalue weighted by Crippen LogP contribution is 2.23. The number of nitrogens with one attached hydrogen (secondary N) is 2. The first-order valence-electron chi connectivity index (χ1n) is 9.27. The Morgan fingerprint density at radius 3 is 2.67 bits per heavy atom. The van der Waals surface area contributed by atoms with Gasteiger partial charge in [0.05, 0.1) is 17.0 Å². The van der Waals surface area contributed by atoms with Gasteiger partial charge in [-0.25, -0.2) is 8.42 Å². The Morgan fingerprint density at radius 2 is 2.04 bits per heavy atom. The summed E-state index contributed by atoms with van der Waals surface area (Å²) >= 11 is 0. The summed E-state index contributed by atoms with van der Waals surface area (Å²) in [6.07, 6.45) is 0. The van der Waals surface area contributed by atoms with Crippen LogP contribution in [0.5, 0.6) is 0 Å². The van der Waals surface area contributed by atoms with Crippen LogP contribution in [0.3, 0.4) is 0 Å². The average molecular weight is 395 g/mol. The van der Waals surface area contributed by atoms with Crippen molar-refractivity contribution in [2.75, 3.05) is 38.5 Å². The Balaban J connectivity index is 1.95. The largest absolute Gasteiger partial charge is 0.357 e. The van der Waals surface area contributed by atoms with Crippen LogP contribution in [0.2, 0.25) is 0 Å². The maximum absolute atomic E-state index is 12.2. The van der Waals surface area contributed by atoms with Crippen molar-refractivity contribution in [1.82, 2.24) is 15.5 Å². The van der Waals surface area contributed by atoms with E-state index in [2.05, 4.69) is 15.6 Å². The number of carbonyl (C=O) groups excluding carboxylic acids is 1. The van der Waals surface area contributed by atoms with Gasteiger partial charge in [-0.2, -0.15) is 0 Å². The van der Waals surface area contributed by atoms with E-state index in [1.165, 1.54) is 0 Å². The summed E-state index contributed by atoms with van der Waals surface area (Å²) in [4.78, 5) is 18.7. The predicted molar refractivity (Wildman–Crippen MR) is 109 cm³/mol. The molecule has 1 heterocycles. The van der Waals surface area contributed by atoms with Crippen LogP contribution >= 0.6 is 0 Å². The third-order valence-electron chi connectivity index (χ3n) is 4.62. The normalized spacial score (nSPS) is 18.8. The summed E-state index contributed by atoms with van der Waals surface area (Å²) in [5.41, 5.74) is 1.67. The monoisotopic (exact) mass is 394 g/mol. The van der Waals surface area contributed by atoms with Gasteiger partial charge in [0.1, 0.15) is 0 Å². The fourth-order valence-electron chi connectivity index (χ4n) is 2.97. The van der Waals surface area contributed by atoms with Crippen molar-refractivity contribution in [1.29, 1.82) is 0 Å². The lowest BCUT2D eigenvalue weighted by molar-refractivity contribution is 0.0954. The molecule has 8 heteroatoms. The van der Waals surface area contributed by atoms with Gasteiger partial charge in [-0.1, -0.05) is 17.7 Å². The van der Waals surface area contributed by atoms with Gasteiger partial charge in [-0.3, -0.25) is 9.79 Å². The molecule has 0 saturated carbocycles. The van der Waals surface area contributed by atoms with Crippen LogP contribution in [0.15, 0.2) is 29.3 Å². The van der Waals surface area contributed by atoms with E-state index in [0.717, 1.165) is 5.56 Å². The first-order valence-corrected chi connectivity index (χ1v) is 10.9. The Kier molecular flexibility index (Phi) is 6.86. The Hall–Kier alpha value is -2.09. The number of guanidine groups is 1. The lowest BCUT2D eigenvalue weighted by Gasteiger charge is -2.39. The molecule has 1 saturated heterocycles. The summed E-state index contributed by atoms with van der Waals surface area (Å²) < 4.78 is 23.6. The summed E-state index contributed by atoms with van der Waals surface area (Å²) in [5.74, 6) is 0.684. The molecule has 0 aliphatic carbocycles. The van der Waals surface area contributed by atoms with E-state index in [4.69, 9.17) is 0 Å². The number of benzene rings is 1. The zero-order chi connectivity index (χ0) is 20.1. The molecular weight excluding hydrogens is 364 g/mol. The maximum Gasteiger partial charge on any atom is 0.251 e. The number of hydrogen-bond acceptors (Lipinski definition) is 4. The van der Waals surface area contributed by atoms with Crippen LogP contribution < -0.4 is 10.6 Å². The van der Waals surface area contributed by atoms with Gasteiger partial charge in [0.15, 0.2) is 15.8 Å². The van der Waals surface area contributed by atoms with E-state index in [1.54, 1.807) is 19.9 Å². The number of aliphatic imine (C=N–C) groups is 1. The van der Waals surface area contributed by atoms with Gasteiger partial charge >= 0.3 is 0 Å².